The summed E-state index contributed by atoms with van der Waals surface area (Å²) in [6, 6.07) is 6.56. The maximum Gasteiger partial charge on any atom is 0.144 e. The van der Waals surface area contributed by atoms with Crippen LogP contribution in [-0.2, 0) is 6.54 Å². The Morgan fingerprint density at radius 1 is 1.30 bits per heavy atom. The predicted octanol–water partition coefficient (Wildman–Crippen LogP) is 3.65. The molecule has 1 aliphatic carbocycles. The van der Waals surface area contributed by atoms with Crippen LogP contribution in [0.3, 0.4) is 0 Å². The fourth-order valence-corrected chi connectivity index (χ4v) is 3.93. The van der Waals surface area contributed by atoms with Crippen molar-refractivity contribution in [3.05, 3.63) is 29.6 Å². The Labute approximate surface area is 122 Å². The van der Waals surface area contributed by atoms with Gasteiger partial charge in [0.1, 0.15) is 11.8 Å². The molecule has 1 saturated carbocycles. The van der Waals surface area contributed by atoms with E-state index in [0.717, 1.165) is 12.1 Å². The van der Waals surface area contributed by atoms with Gasteiger partial charge in [-0.3, -0.25) is 0 Å². The minimum Gasteiger partial charge on any atom is -0.310 e. The smallest absolute Gasteiger partial charge is 0.144 e. The predicted molar refractivity (Wildman–Crippen MR) is 81.0 cm³/mol. The summed E-state index contributed by atoms with van der Waals surface area (Å²) in [4.78, 5) is 4.12. The average molecular weight is 271 g/mol. The number of hydrogen-bond acceptors (Lipinski definition) is 3. The van der Waals surface area contributed by atoms with Gasteiger partial charge in [0.15, 0.2) is 0 Å². The van der Waals surface area contributed by atoms with E-state index in [4.69, 9.17) is 5.26 Å². The third kappa shape index (κ3) is 3.80. The number of aromatic nitrogens is 1. The van der Waals surface area contributed by atoms with Crippen LogP contribution in [0.25, 0.3) is 0 Å². The Balaban J connectivity index is 2.02. The van der Waals surface area contributed by atoms with Crippen LogP contribution in [0.5, 0.6) is 0 Å². The second-order valence-corrected chi connectivity index (χ2v) is 7.61. The van der Waals surface area contributed by atoms with Crippen molar-refractivity contribution in [2.75, 3.05) is 0 Å². The second kappa shape index (κ2) is 5.54. The normalized spacial score (nSPS) is 21.4. The topological polar surface area (TPSA) is 48.7 Å². The van der Waals surface area contributed by atoms with Crippen LogP contribution < -0.4 is 5.32 Å². The third-order valence-electron chi connectivity index (χ3n) is 4.13. The highest BCUT2D eigenvalue weighted by molar-refractivity contribution is 5.30. The summed E-state index contributed by atoms with van der Waals surface area (Å²) in [6.07, 6.45) is 5.33. The molecule has 0 spiro atoms. The second-order valence-electron chi connectivity index (χ2n) is 7.61. The lowest BCUT2D eigenvalue weighted by molar-refractivity contribution is 0.0844. The maximum atomic E-state index is 9.08. The molecule has 1 heterocycles. The fraction of sp³-hybridized carbons (Fsp3) is 0.647. The lowest BCUT2D eigenvalue weighted by Gasteiger charge is -2.45. The molecule has 0 saturated heterocycles. The van der Waals surface area contributed by atoms with Gasteiger partial charge in [0.2, 0.25) is 0 Å². The lowest BCUT2D eigenvalue weighted by atomic mass is 9.63. The Hall–Kier alpha value is -1.40. The third-order valence-corrected chi connectivity index (χ3v) is 4.13. The summed E-state index contributed by atoms with van der Waals surface area (Å²) in [5.41, 5.74) is 2.30. The SMILES string of the molecule is CC1(C)CC(NCc2cccnc2C#N)CC(C)(C)C1. The van der Waals surface area contributed by atoms with Gasteiger partial charge in [0.05, 0.1) is 0 Å². The molecule has 3 nitrogen and oxygen atoms in total. The molecule has 1 aromatic rings. The first-order valence-corrected chi connectivity index (χ1v) is 7.39. The van der Waals surface area contributed by atoms with E-state index in [0.29, 0.717) is 22.6 Å². The number of nitrogens with zero attached hydrogens (tertiary/aromatic N) is 2. The van der Waals surface area contributed by atoms with Crippen molar-refractivity contribution in [2.24, 2.45) is 10.8 Å². The molecule has 0 unspecified atom stereocenters. The van der Waals surface area contributed by atoms with Gasteiger partial charge in [-0.15, -0.1) is 0 Å². The van der Waals surface area contributed by atoms with Crippen molar-refractivity contribution in [3.63, 3.8) is 0 Å². The van der Waals surface area contributed by atoms with E-state index in [1.54, 1.807) is 6.20 Å². The number of nitriles is 1. The van der Waals surface area contributed by atoms with Gasteiger partial charge in [-0.2, -0.15) is 5.26 Å². The molecule has 0 radical (unpaired) electrons. The van der Waals surface area contributed by atoms with Crippen LogP contribution in [0.1, 0.15) is 58.2 Å². The Kier molecular flexibility index (Phi) is 4.15. The van der Waals surface area contributed by atoms with Crippen LogP contribution >= 0.6 is 0 Å². The molecular formula is C17H25N3. The zero-order chi connectivity index (χ0) is 14.8. The van der Waals surface area contributed by atoms with Crippen molar-refractivity contribution in [1.82, 2.24) is 10.3 Å². The molecule has 1 N–H and O–H groups in total. The first-order chi connectivity index (χ1) is 9.31. The van der Waals surface area contributed by atoms with Gasteiger partial charge in [-0.1, -0.05) is 33.8 Å². The standard InChI is InChI=1S/C17H25N3/c1-16(2)8-14(9-17(3,4)12-16)20-11-13-6-5-7-19-15(13)10-18/h5-7,14,20H,8-9,11-12H2,1-4H3. The molecule has 2 rings (SSSR count). The molecular weight excluding hydrogens is 246 g/mol. The molecule has 20 heavy (non-hydrogen) atoms. The number of rotatable bonds is 3. The summed E-state index contributed by atoms with van der Waals surface area (Å²) in [6.45, 7) is 10.1. The zero-order valence-corrected chi connectivity index (χ0v) is 13.0. The van der Waals surface area contributed by atoms with E-state index < -0.39 is 0 Å². The Bertz CT molecular complexity index is 495. The van der Waals surface area contributed by atoms with Crippen LogP contribution in [0.2, 0.25) is 0 Å². The molecule has 1 aliphatic rings. The molecule has 0 aliphatic heterocycles. The Morgan fingerprint density at radius 3 is 2.55 bits per heavy atom. The van der Waals surface area contributed by atoms with Gasteiger partial charge in [0, 0.05) is 24.3 Å². The van der Waals surface area contributed by atoms with Gasteiger partial charge in [-0.25, -0.2) is 4.98 Å². The molecule has 0 amide bonds. The first-order valence-electron chi connectivity index (χ1n) is 7.39. The van der Waals surface area contributed by atoms with Crippen LogP contribution in [-0.4, -0.2) is 11.0 Å². The molecule has 1 fully saturated rings. The highest BCUT2D eigenvalue weighted by Crippen LogP contribution is 2.45. The number of hydrogen-bond donors (Lipinski definition) is 1. The van der Waals surface area contributed by atoms with Crippen LogP contribution in [0.4, 0.5) is 0 Å². The highest BCUT2D eigenvalue weighted by Gasteiger charge is 2.38. The summed E-state index contributed by atoms with van der Waals surface area (Å²) in [7, 11) is 0. The molecule has 1 aromatic heterocycles. The van der Waals surface area contributed by atoms with E-state index in [9.17, 15) is 0 Å². The van der Waals surface area contributed by atoms with Gasteiger partial charge >= 0.3 is 0 Å². The van der Waals surface area contributed by atoms with E-state index in [2.05, 4.69) is 44.1 Å². The molecule has 0 aromatic carbocycles. The van der Waals surface area contributed by atoms with E-state index in [1.165, 1.54) is 19.3 Å². The van der Waals surface area contributed by atoms with E-state index >= 15 is 0 Å². The molecule has 0 bridgehead atoms. The number of nitrogens with one attached hydrogen (secondary N) is 1. The van der Waals surface area contributed by atoms with Crippen LogP contribution in [0, 0.1) is 22.2 Å². The molecule has 3 heteroatoms. The summed E-state index contributed by atoms with van der Waals surface area (Å²) in [5.74, 6) is 0. The zero-order valence-electron chi connectivity index (χ0n) is 13.0. The lowest BCUT2D eigenvalue weighted by Crippen LogP contribution is -2.43. The quantitative estimate of drug-likeness (QED) is 0.913. The summed E-state index contributed by atoms with van der Waals surface area (Å²) >= 11 is 0. The highest BCUT2D eigenvalue weighted by atomic mass is 14.9. The monoisotopic (exact) mass is 271 g/mol. The van der Waals surface area contributed by atoms with Crippen molar-refractivity contribution in [2.45, 2.75) is 59.5 Å². The first kappa shape index (κ1) is 15.0. The van der Waals surface area contributed by atoms with Gasteiger partial charge in [-0.05, 0) is 36.2 Å². The van der Waals surface area contributed by atoms with E-state index in [-0.39, 0.29) is 0 Å². The summed E-state index contributed by atoms with van der Waals surface area (Å²) in [5, 5.41) is 12.7. The summed E-state index contributed by atoms with van der Waals surface area (Å²) < 4.78 is 0. The minimum absolute atomic E-state index is 0.381. The molecule has 108 valence electrons. The number of pyridine rings is 1. The molecule has 0 atom stereocenters. The van der Waals surface area contributed by atoms with Crippen LogP contribution in [0.15, 0.2) is 18.3 Å². The van der Waals surface area contributed by atoms with Crippen molar-refractivity contribution < 1.29 is 0 Å². The Morgan fingerprint density at radius 2 is 1.95 bits per heavy atom. The van der Waals surface area contributed by atoms with Crippen molar-refractivity contribution >= 4 is 0 Å². The van der Waals surface area contributed by atoms with E-state index in [1.807, 2.05) is 12.1 Å². The fourth-order valence-electron chi connectivity index (χ4n) is 3.93. The van der Waals surface area contributed by atoms with Crippen molar-refractivity contribution in [3.8, 4) is 6.07 Å². The van der Waals surface area contributed by atoms with Gasteiger partial charge < -0.3 is 5.32 Å². The minimum atomic E-state index is 0.381. The average Bonchev–Trinajstić information content (AvgIpc) is 2.33. The largest absolute Gasteiger partial charge is 0.310 e. The van der Waals surface area contributed by atoms with Gasteiger partial charge in [0.25, 0.3) is 0 Å². The maximum absolute atomic E-state index is 9.08. The van der Waals surface area contributed by atoms with Crippen molar-refractivity contribution in [1.29, 1.82) is 5.26 Å².